The van der Waals surface area contributed by atoms with Crippen molar-refractivity contribution in [1.82, 2.24) is 30.2 Å². The molecule has 2 heterocycles. The molecule has 11 nitrogen and oxygen atoms in total. The number of hydrogen-bond acceptors (Lipinski definition) is 10. The molecule has 0 aromatic carbocycles. The second kappa shape index (κ2) is 17.6. The quantitative estimate of drug-likeness (QED) is 0.0850. The Bertz CT molecular complexity index is 864. The van der Waals surface area contributed by atoms with Crippen molar-refractivity contribution >= 4 is 54.8 Å². The van der Waals surface area contributed by atoms with Crippen LogP contribution in [-0.4, -0.2) is 131 Å². The van der Waals surface area contributed by atoms with E-state index >= 15 is 0 Å². The average molecular weight is 629 g/mol. The van der Waals surface area contributed by atoms with Crippen LogP contribution in [0.2, 0.25) is 0 Å². The van der Waals surface area contributed by atoms with Gasteiger partial charge in [-0.25, -0.2) is 0 Å². The van der Waals surface area contributed by atoms with Crippen LogP contribution in [0, 0.1) is 0 Å². The van der Waals surface area contributed by atoms with Crippen LogP contribution in [0.25, 0.3) is 0 Å². The molecule has 0 aromatic rings. The lowest BCUT2D eigenvalue weighted by atomic mass is 10.1. The Hall–Kier alpha value is -1.67. The molecule has 0 bridgehead atoms. The van der Waals surface area contributed by atoms with Crippen molar-refractivity contribution < 1.29 is 24.0 Å². The molecular formula is C29H52N6O5S2. The molecular weight excluding hydrogens is 576 g/mol. The molecule has 2 rings (SSSR count). The molecule has 0 aromatic heterocycles. The zero-order valence-electron chi connectivity index (χ0n) is 26.0. The van der Waals surface area contributed by atoms with Gasteiger partial charge in [0.25, 0.3) is 0 Å². The Morgan fingerprint density at radius 1 is 0.714 bits per heavy atom. The van der Waals surface area contributed by atoms with Gasteiger partial charge in [0.05, 0.1) is 0 Å². The lowest BCUT2D eigenvalue weighted by Gasteiger charge is -2.30. The number of unbranched alkanes of at least 4 members (excludes halogenated alkanes) is 1. The van der Waals surface area contributed by atoms with Crippen LogP contribution >= 0.6 is 25.3 Å². The molecule has 2 N–H and O–H groups in total. The molecule has 0 atom stereocenters. The van der Waals surface area contributed by atoms with Gasteiger partial charge in [-0.2, -0.15) is 25.3 Å². The summed E-state index contributed by atoms with van der Waals surface area (Å²) in [5.41, 5.74) is 0. The fourth-order valence-corrected chi connectivity index (χ4v) is 5.39. The first-order valence-electron chi connectivity index (χ1n) is 15.2. The highest BCUT2D eigenvalue weighted by Crippen LogP contribution is 2.15. The predicted octanol–water partition coefficient (Wildman–Crippen LogP) is 1.18. The van der Waals surface area contributed by atoms with Crippen LogP contribution < -0.4 is 10.6 Å². The average Bonchev–Trinajstić information content (AvgIpc) is 3.38. The van der Waals surface area contributed by atoms with E-state index in [1.165, 1.54) is 9.80 Å². The lowest BCUT2D eigenvalue weighted by molar-refractivity contribution is -0.139. The molecule has 2 aliphatic heterocycles. The smallest absolute Gasteiger partial charge is 0.229 e. The molecule has 5 amide bonds. The molecule has 0 aliphatic carbocycles. The fraction of sp³-hybridized carbons (Fsp3) is 0.828. The van der Waals surface area contributed by atoms with E-state index in [2.05, 4.69) is 55.9 Å². The van der Waals surface area contributed by atoms with Gasteiger partial charge in [-0.1, -0.05) is 0 Å². The zero-order valence-corrected chi connectivity index (χ0v) is 27.7. The Morgan fingerprint density at radius 3 is 1.69 bits per heavy atom. The summed E-state index contributed by atoms with van der Waals surface area (Å²) in [6.07, 6.45) is 3.05. The van der Waals surface area contributed by atoms with E-state index in [9.17, 15) is 24.0 Å². The second-order valence-electron chi connectivity index (χ2n) is 12.6. The Balaban J connectivity index is 1.74. The molecule has 42 heavy (non-hydrogen) atoms. The number of hydrogen-bond donors (Lipinski definition) is 4. The maximum Gasteiger partial charge on any atom is 0.229 e. The van der Waals surface area contributed by atoms with Crippen molar-refractivity contribution in [3.63, 3.8) is 0 Å². The number of nitrogens with zero attached hydrogens (tertiary/aromatic N) is 4. The van der Waals surface area contributed by atoms with E-state index in [1.54, 1.807) is 0 Å². The monoisotopic (exact) mass is 628 g/mol. The minimum atomic E-state index is -0.174. The molecule has 2 saturated heterocycles. The molecule has 2 aliphatic rings. The fourth-order valence-electron chi connectivity index (χ4n) is 5.07. The van der Waals surface area contributed by atoms with E-state index in [0.717, 1.165) is 45.6 Å². The number of amides is 5. The van der Waals surface area contributed by atoms with Gasteiger partial charge in [0.15, 0.2) is 0 Å². The largest absolute Gasteiger partial charge is 0.355 e. The van der Waals surface area contributed by atoms with Gasteiger partial charge in [-0.15, -0.1) is 0 Å². The van der Waals surface area contributed by atoms with Gasteiger partial charge in [0, 0.05) is 107 Å². The summed E-state index contributed by atoms with van der Waals surface area (Å²) in [6, 6.07) is 0. The normalized spacial score (nSPS) is 16.6. The SMILES string of the molecule is CC(C)(S)CNCCN(CCCCC(=O)NCCN(CCN1C(=O)CCC1=O)CCN1C(=O)CCC1=O)CC(C)(C)S. The first kappa shape index (κ1) is 36.5. The number of thiol groups is 2. The number of rotatable bonds is 21. The predicted molar refractivity (Wildman–Crippen MR) is 171 cm³/mol. The minimum absolute atomic E-state index is 0.0245. The molecule has 0 unspecified atom stereocenters. The highest BCUT2D eigenvalue weighted by molar-refractivity contribution is 7.82. The lowest BCUT2D eigenvalue weighted by Crippen LogP contribution is -2.44. The van der Waals surface area contributed by atoms with Gasteiger partial charge in [-0.3, -0.25) is 38.7 Å². The summed E-state index contributed by atoms with van der Waals surface area (Å²) in [4.78, 5) is 67.5. The van der Waals surface area contributed by atoms with Gasteiger partial charge in [0.1, 0.15) is 0 Å². The number of likely N-dealkylation sites (tertiary alicyclic amines) is 2. The van der Waals surface area contributed by atoms with E-state index in [-0.39, 0.29) is 77.8 Å². The third-order valence-corrected chi connectivity index (χ3v) is 7.54. The zero-order chi connectivity index (χ0) is 31.3. The molecule has 2 fully saturated rings. The Kier molecular flexibility index (Phi) is 15.3. The van der Waals surface area contributed by atoms with Crippen LogP contribution in [0.4, 0.5) is 0 Å². The topological polar surface area (TPSA) is 122 Å². The summed E-state index contributed by atoms with van der Waals surface area (Å²) in [5.74, 6) is -0.719. The number of imide groups is 2. The van der Waals surface area contributed by atoms with Crippen molar-refractivity contribution in [1.29, 1.82) is 0 Å². The van der Waals surface area contributed by atoms with Crippen LogP contribution in [0.1, 0.15) is 72.6 Å². The molecule has 240 valence electrons. The van der Waals surface area contributed by atoms with Crippen LogP contribution in [-0.2, 0) is 24.0 Å². The summed E-state index contributed by atoms with van der Waals surface area (Å²) in [6.45, 7) is 14.9. The molecule has 0 radical (unpaired) electrons. The van der Waals surface area contributed by atoms with Crippen molar-refractivity contribution in [2.24, 2.45) is 0 Å². The van der Waals surface area contributed by atoms with Crippen molar-refractivity contribution in [2.45, 2.75) is 82.1 Å². The van der Waals surface area contributed by atoms with Gasteiger partial charge < -0.3 is 15.5 Å². The number of carbonyl (C=O) groups excluding carboxylic acids is 5. The molecule has 13 heteroatoms. The third kappa shape index (κ3) is 14.7. The highest BCUT2D eigenvalue weighted by atomic mass is 32.1. The summed E-state index contributed by atoms with van der Waals surface area (Å²) >= 11 is 9.26. The Morgan fingerprint density at radius 2 is 1.21 bits per heavy atom. The van der Waals surface area contributed by atoms with E-state index in [0.29, 0.717) is 32.6 Å². The first-order chi connectivity index (χ1) is 19.6. The van der Waals surface area contributed by atoms with Gasteiger partial charge in [0.2, 0.25) is 29.5 Å². The molecule has 0 saturated carbocycles. The minimum Gasteiger partial charge on any atom is -0.355 e. The van der Waals surface area contributed by atoms with E-state index < -0.39 is 0 Å². The van der Waals surface area contributed by atoms with Gasteiger partial charge in [-0.05, 0) is 47.1 Å². The summed E-state index contributed by atoms with van der Waals surface area (Å²) in [7, 11) is 0. The van der Waals surface area contributed by atoms with Crippen molar-refractivity contribution in [3.8, 4) is 0 Å². The number of carbonyl (C=O) groups is 5. The number of nitrogens with one attached hydrogen (secondary N) is 2. The first-order valence-corrected chi connectivity index (χ1v) is 16.1. The van der Waals surface area contributed by atoms with Crippen molar-refractivity contribution in [3.05, 3.63) is 0 Å². The molecule has 0 spiro atoms. The van der Waals surface area contributed by atoms with Crippen LogP contribution in [0.5, 0.6) is 0 Å². The standard InChI is InChI=1S/C29H52N6O5S2/c1-28(2,41)21-30-12-15-33(22-29(3,4)42)14-6-5-7-23(36)31-13-16-32(17-19-34-24(37)8-9-25(34)38)18-20-35-26(39)10-11-27(35)40/h30,41-42H,5-22H2,1-4H3,(H,31,36). The Labute approximate surface area is 262 Å². The summed E-state index contributed by atoms with van der Waals surface area (Å²) < 4.78 is -0.174. The summed E-state index contributed by atoms with van der Waals surface area (Å²) in [5, 5.41) is 6.43. The van der Waals surface area contributed by atoms with Gasteiger partial charge >= 0.3 is 0 Å². The highest BCUT2D eigenvalue weighted by Gasteiger charge is 2.30. The van der Waals surface area contributed by atoms with E-state index in [4.69, 9.17) is 12.6 Å². The van der Waals surface area contributed by atoms with Crippen molar-refractivity contribution in [2.75, 3.05) is 72.0 Å². The van der Waals surface area contributed by atoms with E-state index in [1.807, 2.05) is 4.90 Å². The van der Waals surface area contributed by atoms with Crippen LogP contribution in [0.15, 0.2) is 0 Å². The van der Waals surface area contributed by atoms with Crippen LogP contribution in [0.3, 0.4) is 0 Å². The maximum atomic E-state index is 12.5. The maximum absolute atomic E-state index is 12.5. The third-order valence-electron chi connectivity index (χ3n) is 7.24. The second-order valence-corrected chi connectivity index (χ2v) is 15.0.